The summed E-state index contributed by atoms with van der Waals surface area (Å²) in [5.74, 6) is 0.0888. The van der Waals surface area contributed by atoms with E-state index in [2.05, 4.69) is 15.0 Å². The third-order valence-corrected chi connectivity index (χ3v) is 5.40. The minimum absolute atomic E-state index is 0.0178. The zero-order valence-corrected chi connectivity index (χ0v) is 15.1. The molecular weight excluding hydrogens is 357 g/mol. The number of amides is 1. The van der Waals surface area contributed by atoms with E-state index in [0.29, 0.717) is 18.0 Å². The Labute approximate surface area is 156 Å². The molecule has 0 radical (unpaired) electrons. The van der Waals surface area contributed by atoms with Crippen molar-refractivity contribution in [1.82, 2.24) is 19.7 Å². The van der Waals surface area contributed by atoms with Crippen LogP contribution in [0.15, 0.2) is 30.9 Å². The van der Waals surface area contributed by atoms with Crippen LogP contribution in [-0.2, 0) is 4.79 Å². The highest BCUT2D eigenvalue weighted by Gasteiger charge is 2.33. The Bertz CT molecular complexity index is 789. The Morgan fingerprint density at radius 1 is 1.15 bits per heavy atom. The fourth-order valence-corrected chi connectivity index (χ4v) is 3.93. The minimum Gasteiger partial charge on any atom is -0.368 e. The molecule has 0 unspecified atom stereocenters. The summed E-state index contributed by atoms with van der Waals surface area (Å²) < 4.78 is 15.1. The van der Waals surface area contributed by atoms with Crippen LogP contribution in [0.2, 0.25) is 5.02 Å². The summed E-state index contributed by atoms with van der Waals surface area (Å²) in [6.45, 7) is 2.33. The van der Waals surface area contributed by atoms with Gasteiger partial charge in [-0.25, -0.2) is 9.07 Å². The molecule has 4 rings (SSSR count). The van der Waals surface area contributed by atoms with E-state index in [1.54, 1.807) is 28.2 Å². The normalized spacial score (nSPS) is 21.4. The van der Waals surface area contributed by atoms with Crippen LogP contribution in [0.5, 0.6) is 0 Å². The molecule has 2 fully saturated rings. The van der Waals surface area contributed by atoms with Gasteiger partial charge in [-0.15, -0.1) is 0 Å². The molecule has 2 aromatic rings. The number of piperidine rings is 1. The molecule has 2 aliphatic heterocycles. The Morgan fingerprint density at radius 2 is 1.96 bits per heavy atom. The highest BCUT2D eigenvalue weighted by molar-refractivity contribution is 6.30. The fourth-order valence-electron chi connectivity index (χ4n) is 3.79. The maximum Gasteiger partial charge on any atom is 0.225 e. The van der Waals surface area contributed by atoms with Gasteiger partial charge in [0.1, 0.15) is 6.17 Å². The Hall–Kier alpha value is -2.15. The highest BCUT2D eigenvalue weighted by Crippen LogP contribution is 2.29. The summed E-state index contributed by atoms with van der Waals surface area (Å²) in [5.41, 5.74) is 1.89. The predicted octanol–water partition coefficient (Wildman–Crippen LogP) is 2.71. The number of rotatable bonds is 3. The van der Waals surface area contributed by atoms with Gasteiger partial charge in [0.05, 0.1) is 35.3 Å². The number of hydrogen-bond donors (Lipinski definition) is 0. The summed E-state index contributed by atoms with van der Waals surface area (Å²) in [6.07, 6.45) is 8.05. The Balaban J connectivity index is 1.45. The van der Waals surface area contributed by atoms with Gasteiger partial charge in [-0.2, -0.15) is 5.10 Å². The van der Waals surface area contributed by atoms with E-state index in [4.69, 9.17) is 11.6 Å². The topological polar surface area (TPSA) is 54.3 Å². The number of hydrogen-bond acceptors (Lipinski definition) is 4. The number of anilines is 1. The lowest BCUT2D eigenvalue weighted by Gasteiger charge is -2.35. The largest absolute Gasteiger partial charge is 0.368 e. The number of aromatic nitrogens is 3. The molecule has 1 atom stereocenters. The van der Waals surface area contributed by atoms with E-state index in [0.717, 1.165) is 37.3 Å². The van der Waals surface area contributed by atoms with Crippen molar-refractivity contribution in [3.05, 3.63) is 35.9 Å². The van der Waals surface area contributed by atoms with Gasteiger partial charge >= 0.3 is 0 Å². The van der Waals surface area contributed by atoms with E-state index < -0.39 is 6.17 Å². The second-order valence-corrected chi connectivity index (χ2v) is 7.34. The Morgan fingerprint density at radius 3 is 2.62 bits per heavy atom. The number of carbonyl (C=O) groups excluding carboxylic acids is 1. The van der Waals surface area contributed by atoms with Crippen LogP contribution in [0.1, 0.15) is 19.3 Å². The molecule has 8 heteroatoms. The minimum atomic E-state index is -0.863. The summed E-state index contributed by atoms with van der Waals surface area (Å²) in [5, 5.41) is 4.86. The first kappa shape index (κ1) is 17.3. The van der Waals surface area contributed by atoms with Crippen molar-refractivity contribution in [3.8, 4) is 5.69 Å². The molecule has 0 bridgehead atoms. The number of likely N-dealkylation sites (tertiary alicyclic amines) is 1. The van der Waals surface area contributed by atoms with Gasteiger partial charge in [-0.3, -0.25) is 9.78 Å². The van der Waals surface area contributed by atoms with Crippen molar-refractivity contribution in [2.45, 2.75) is 25.4 Å². The maximum absolute atomic E-state index is 13.4. The van der Waals surface area contributed by atoms with Crippen molar-refractivity contribution >= 4 is 23.2 Å². The number of carbonyl (C=O) groups is 1. The molecule has 2 saturated heterocycles. The summed E-state index contributed by atoms with van der Waals surface area (Å²) in [4.78, 5) is 20.7. The van der Waals surface area contributed by atoms with Gasteiger partial charge in [0.25, 0.3) is 0 Å². The SMILES string of the molecule is O=C(C1CCN(c2cnccc2-n2cc(Cl)cn2)CC1)N1CC[C@@H](F)C1. The summed E-state index contributed by atoms with van der Waals surface area (Å²) in [7, 11) is 0. The summed E-state index contributed by atoms with van der Waals surface area (Å²) >= 11 is 5.99. The van der Waals surface area contributed by atoms with Crippen LogP contribution >= 0.6 is 11.6 Å². The van der Waals surface area contributed by atoms with Gasteiger partial charge in [-0.1, -0.05) is 11.6 Å². The smallest absolute Gasteiger partial charge is 0.225 e. The van der Waals surface area contributed by atoms with E-state index >= 15 is 0 Å². The van der Waals surface area contributed by atoms with Crippen LogP contribution in [0, 0.1) is 5.92 Å². The second kappa shape index (κ2) is 7.23. The van der Waals surface area contributed by atoms with E-state index in [-0.39, 0.29) is 18.4 Å². The van der Waals surface area contributed by atoms with E-state index in [1.165, 1.54) is 0 Å². The number of pyridine rings is 1. The standard InChI is InChI=1S/C18H21ClFN5O/c19-14-9-22-25(11-14)16-1-5-21-10-17(16)23-6-2-13(3-7-23)18(26)24-8-4-15(20)12-24/h1,5,9-11,13,15H,2-4,6-8,12H2/t15-/m1/s1. The van der Waals surface area contributed by atoms with Crippen LogP contribution < -0.4 is 4.90 Å². The van der Waals surface area contributed by atoms with Crippen molar-refractivity contribution in [2.75, 3.05) is 31.1 Å². The molecule has 0 aliphatic carbocycles. The van der Waals surface area contributed by atoms with Gasteiger partial charge in [0.15, 0.2) is 0 Å². The summed E-state index contributed by atoms with van der Waals surface area (Å²) in [6, 6.07) is 1.90. The highest BCUT2D eigenvalue weighted by atomic mass is 35.5. The van der Waals surface area contributed by atoms with Crippen LogP contribution in [0.3, 0.4) is 0 Å². The van der Waals surface area contributed by atoms with Crippen molar-refractivity contribution in [2.24, 2.45) is 5.92 Å². The molecule has 2 aromatic heterocycles. The van der Waals surface area contributed by atoms with E-state index in [9.17, 15) is 9.18 Å². The molecule has 0 saturated carbocycles. The average Bonchev–Trinajstić information content (AvgIpc) is 3.30. The van der Waals surface area contributed by atoms with Gasteiger partial charge in [0.2, 0.25) is 5.91 Å². The number of halogens is 2. The van der Waals surface area contributed by atoms with Crippen LogP contribution in [0.4, 0.5) is 10.1 Å². The quantitative estimate of drug-likeness (QED) is 0.825. The first-order valence-electron chi connectivity index (χ1n) is 8.94. The lowest BCUT2D eigenvalue weighted by Crippen LogP contribution is -2.42. The zero-order chi connectivity index (χ0) is 18.1. The third kappa shape index (κ3) is 3.40. The van der Waals surface area contributed by atoms with Crippen molar-refractivity contribution in [1.29, 1.82) is 0 Å². The van der Waals surface area contributed by atoms with Gasteiger partial charge in [0, 0.05) is 37.9 Å². The van der Waals surface area contributed by atoms with Crippen molar-refractivity contribution in [3.63, 3.8) is 0 Å². The lowest BCUT2D eigenvalue weighted by atomic mass is 9.95. The van der Waals surface area contributed by atoms with Gasteiger partial charge < -0.3 is 9.80 Å². The molecular formula is C18H21ClFN5O. The third-order valence-electron chi connectivity index (χ3n) is 5.20. The average molecular weight is 378 g/mol. The molecule has 0 spiro atoms. The molecule has 2 aliphatic rings. The van der Waals surface area contributed by atoms with Gasteiger partial charge in [-0.05, 0) is 25.3 Å². The zero-order valence-electron chi connectivity index (χ0n) is 14.4. The molecule has 1 amide bonds. The number of nitrogens with zero attached hydrogens (tertiary/aromatic N) is 5. The van der Waals surface area contributed by atoms with Crippen molar-refractivity contribution < 1.29 is 9.18 Å². The monoisotopic (exact) mass is 377 g/mol. The number of alkyl halides is 1. The van der Waals surface area contributed by atoms with Crippen LogP contribution in [0.25, 0.3) is 5.69 Å². The van der Waals surface area contributed by atoms with E-state index in [1.807, 2.05) is 12.3 Å². The second-order valence-electron chi connectivity index (χ2n) is 6.90. The fraction of sp³-hybridized carbons (Fsp3) is 0.500. The maximum atomic E-state index is 13.4. The molecule has 0 aromatic carbocycles. The first-order valence-corrected chi connectivity index (χ1v) is 9.32. The molecule has 6 nitrogen and oxygen atoms in total. The van der Waals surface area contributed by atoms with Crippen LogP contribution in [-0.4, -0.2) is 57.9 Å². The molecule has 4 heterocycles. The predicted molar refractivity (Wildman–Crippen MR) is 97.4 cm³/mol. The molecule has 26 heavy (non-hydrogen) atoms. The lowest BCUT2D eigenvalue weighted by molar-refractivity contribution is -0.135. The Kier molecular flexibility index (Phi) is 4.80. The first-order chi connectivity index (χ1) is 12.6. The molecule has 138 valence electrons. The molecule has 0 N–H and O–H groups in total.